The zero-order chi connectivity index (χ0) is 13.6. The molecule has 1 rings (SSSR count). The fourth-order valence-electron chi connectivity index (χ4n) is 1.43. The number of anilines is 1. The highest BCUT2D eigenvalue weighted by Gasteiger charge is 2.21. The molecule has 1 aromatic rings. The summed E-state index contributed by atoms with van der Waals surface area (Å²) in [4.78, 5) is 11.3. The van der Waals surface area contributed by atoms with Crippen LogP contribution in [0.15, 0.2) is 12.1 Å². The number of aliphatic hydroxyl groups is 1. The second-order valence-electron chi connectivity index (χ2n) is 4.17. The van der Waals surface area contributed by atoms with E-state index < -0.39 is 5.60 Å². The van der Waals surface area contributed by atoms with E-state index in [2.05, 4.69) is 20.8 Å². The van der Waals surface area contributed by atoms with Gasteiger partial charge in [0, 0.05) is 13.6 Å². The monoisotopic (exact) mass is 252 g/mol. The maximum atomic E-state index is 11.3. The van der Waals surface area contributed by atoms with Crippen LogP contribution in [0.2, 0.25) is 0 Å². The van der Waals surface area contributed by atoms with Gasteiger partial charge in [-0.05, 0) is 25.0 Å². The van der Waals surface area contributed by atoms with E-state index in [1.54, 1.807) is 19.2 Å². The normalized spacial score (nSPS) is 11.1. The Morgan fingerprint density at radius 1 is 1.33 bits per heavy atom. The van der Waals surface area contributed by atoms with Gasteiger partial charge >= 0.3 is 0 Å². The van der Waals surface area contributed by atoms with Crippen molar-refractivity contribution >= 4 is 11.7 Å². The van der Waals surface area contributed by atoms with Crippen molar-refractivity contribution in [3.8, 4) is 0 Å². The largest absolute Gasteiger partial charge is 0.388 e. The molecular weight excluding hydrogens is 232 g/mol. The summed E-state index contributed by atoms with van der Waals surface area (Å²) < 4.78 is 0. The van der Waals surface area contributed by atoms with E-state index >= 15 is 0 Å². The van der Waals surface area contributed by atoms with Crippen molar-refractivity contribution in [3.05, 3.63) is 17.8 Å². The number of rotatable bonds is 6. The standard InChI is InChI=1S/C12H20N4O2/c1-4-12(18,5-2)8-14-10-7-6-9(15-16-10)11(17)13-3/h6-7,18H,4-5,8H2,1-3H3,(H,13,17)(H,14,16). The highest BCUT2D eigenvalue weighted by Crippen LogP contribution is 2.15. The van der Waals surface area contributed by atoms with Crippen LogP contribution in [0.5, 0.6) is 0 Å². The molecule has 100 valence electrons. The molecule has 0 bridgehead atoms. The molecule has 0 aliphatic heterocycles. The molecule has 6 nitrogen and oxygen atoms in total. The van der Waals surface area contributed by atoms with Gasteiger partial charge in [-0.1, -0.05) is 13.8 Å². The van der Waals surface area contributed by atoms with Gasteiger partial charge in [0.15, 0.2) is 5.69 Å². The van der Waals surface area contributed by atoms with Gasteiger partial charge in [0.1, 0.15) is 5.82 Å². The van der Waals surface area contributed by atoms with E-state index in [4.69, 9.17) is 0 Å². The summed E-state index contributed by atoms with van der Waals surface area (Å²) in [6.45, 7) is 4.28. The molecule has 0 radical (unpaired) electrons. The molecule has 3 N–H and O–H groups in total. The molecule has 0 saturated carbocycles. The molecule has 0 spiro atoms. The summed E-state index contributed by atoms with van der Waals surface area (Å²) in [5, 5.41) is 23.3. The lowest BCUT2D eigenvalue weighted by atomic mass is 9.98. The Morgan fingerprint density at radius 3 is 2.44 bits per heavy atom. The molecule has 1 aromatic heterocycles. The van der Waals surface area contributed by atoms with E-state index in [-0.39, 0.29) is 11.6 Å². The Hall–Kier alpha value is -1.69. The molecule has 1 amide bonds. The third-order valence-electron chi connectivity index (χ3n) is 3.04. The molecule has 0 aliphatic carbocycles. The van der Waals surface area contributed by atoms with Crippen LogP contribution in [0.25, 0.3) is 0 Å². The maximum absolute atomic E-state index is 11.3. The smallest absolute Gasteiger partial charge is 0.271 e. The number of aromatic nitrogens is 2. The second kappa shape index (κ2) is 6.30. The zero-order valence-corrected chi connectivity index (χ0v) is 11.0. The average molecular weight is 252 g/mol. The summed E-state index contributed by atoms with van der Waals surface area (Å²) in [7, 11) is 1.54. The third kappa shape index (κ3) is 3.66. The Labute approximate surface area is 107 Å². The van der Waals surface area contributed by atoms with Gasteiger partial charge in [0.05, 0.1) is 5.60 Å². The van der Waals surface area contributed by atoms with Crippen LogP contribution in [0.1, 0.15) is 37.2 Å². The first-order valence-corrected chi connectivity index (χ1v) is 6.06. The van der Waals surface area contributed by atoms with Crippen LogP contribution in [-0.2, 0) is 0 Å². The molecule has 18 heavy (non-hydrogen) atoms. The number of amides is 1. The summed E-state index contributed by atoms with van der Waals surface area (Å²) in [6.07, 6.45) is 1.33. The predicted octanol–water partition coefficient (Wildman–Crippen LogP) is 0.799. The molecule has 0 saturated heterocycles. The minimum Gasteiger partial charge on any atom is -0.388 e. The van der Waals surface area contributed by atoms with Gasteiger partial charge in [-0.3, -0.25) is 4.79 Å². The van der Waals surface area contributed by atoms with Gasteiger partial charge in [-0.2, -0.15) is 0 Å². The van der Waals surface area contributed by atoms with Crippen molar-refractivity contribution in [2.45, 2.75) is 32.3 Å². The molecular formula is C12H20N4O2. The Bertz CT molecular complexity index is 388. The minimum absolute atomic E-state index is 0.268. The maximum Gasteiger partial charge on any atom is 0.271 e. The van der Waals surface area contributed by atoms with Crippen LogP contribution in [0.3, 0.4) is 0 Å². The zero-order valence-electron chi connectivity index (χ0n) is 11.0. The molecule has 0 fully saturated rings. The fourth-order valence-corrected chi connectivity index (χ4v) is 1.43. The Kier molecular flexibility index (Phi) is 5.03. The van der Waals surface area contributed by atoms with Crippen LogP contribution in [-0.4, -0.2) is 40.4 Å². The summed E-state index contributed by atoms with van der Waals surface area (Å²) >= 11 is 0. The van der Waals surface area contributed by atoms with Crippen LogP contribution in [0, 0.1) is 0 Å². The summed E-state index contributed by atoms with van der Waals surface area (Å²) in [5.41, 5.74) is -0.467. The van der Waals surface area contributed by atoms with E-state index in [1.165, 1.54) is 0 Å². The predicted molar refractivity (Wildman–Crippen MR) is 69.4 cm³/mol. The van der Waals surface area contributed by atoms with Crippen molar-refractivity contribution in [2.75, 3.05) is 18.9 Å². The van der Waals surface area contributed by atoms with Gasteiger partial charge in [0.25, 0.3) is 5.91 Å². The number of nitrogens with zero attached hydrogens (tertiary/aromatic N) is 2. The summed E-state index contributed by atoms with van der Waals surface area (Å²) in [6, 6.07) is 3.26. The Balaban J connectivity index is 2.62. The average Bonchev–Trinajstić information content (AvgIpc) is 2.44. The van der Waals surface area contributed by atoms with Crippen LogP contribution >= 0.6 is 0 Å². The van der Waals surface area contributed by atoms with Gasteiger partial charge in [0.2, 0.25) is 0 Å². The molecule has 1 heterocycles. The lowest BCUT2D eigenvalue weighted by Crippen LogP contribution is -2.35. The topological polar surface area (TPSA) is 87.1 Å². The van der Waals surface area contributed by atoms with Crippen LogP contribution < -0.4 is 10.6 Å². The SMILES string of the molecule is CCC(O)(CC)CNc1ccc(C(=O)NC)nn1. The van der Waals surface area contributed by atoms with Gasteiger partial charge in [-0.25, -0.2) is 0 Å². The van der Waals surface area contributed by atoms with E-state index in [0.29, 0.717) is 25.2 Å². The number of carbonyl (C=O) groups excluding carboxylic acids is 1. The van der Waals surface area contributed by atoms with E-state index in [9.17, 15) is 9.90 Å². The first kappa shape index (κ1) is 14.4. The second-order valence-corrected chi connectivity index (χ2v) is 4.17. The lowest BCUT2D eigenvalue weighted by Gasteiger charge is -2.25. The molecule has 0 aliphatic rings. The molecule has 0 aromatic carbocycles. The van der Waals surface area contributed by atoms with Gasteiger partial charge in [-0.15, -0.1) is 10.2 Å². The molecule has 6 heteroatoms. The number of nitrogens with one attached hydrogen (secondary N) is 2. The number of carbonyl (C=O) groups is 1. The van der Waals surface area contributed by atoms with Crippen molar-refractivity contribution < 1.29 is 9.90 Å². The van der Waals surface area contributed by atoms with E-state index in [0.717, 1.165) is 0 Å². The quantitative estimate of drug-likeness (QED) is 0.697. The first-order chi connectivity index (χ1) is 8.54. The lowest BCUT2D eigenvalue weighted by molar-refractivity contribution is 0.0456. The molecule has 0 unspecified atom stereocenters. The highest BCUT2D eigenvalue weighted by molar-refractivity contribution is 5.91. The Morgan fingerprint density at radius 2 is 2.00 bits per heavy atom. The third-order valence-corrected chi connectivity index (χ3v) is 3.04. The van der Waals surface area contributed by atoms with E-state index in [1.807, 2.05) is 13.8 Å². The fraction of sp³-hybridized carbons (Fsp3) is 0.583. The van der Waals surface area contributed by atoms with Crippen molar-refractivity contribution in [1.29, 1.82) is 0 Å². The highest BCUT2D eigenvalue weighted by atomic mass is 16.3. The minimum atomic E-state index is -0.735. The summed E-state index contributed by atoms with van der Waals surface area (Å²) in [5.74, 6) is 0.274. The van der Waals surface area contributed by atoms with Crippen molar-refractivity contribution in [1.82, 2.24) is 15.5 Å². The van der Waals surface area contributed by atoms with Crippen molar-refractivity contribution in [2.24, 2.45) is 0 Å². The van der Waals surface area contributed by atoms with Gasteiger partial charge < -0.3 is 15.7 Å². The van der Waals surface area contributed by atoms with Crippen molar-refractivity contribution in [3.63, 3.8) is 0 Å². The number of hydrogen-bond acceptors (Lipinski definition) is 5. The first-order valence-electron chi connectivity index (χ1n) is 6.06. The van der Waals surface area contributed by atoms with Crippen LogP contribution in [0.4, 0.5) is 5.82 Å². The molecule has 0 atom stereocenters. The number of hydrogen-bond donors (Lipinski definition) is 3.